The van der Waals surface area contributed by atoms with Gasteiger partial charge in [-0.15, -0.1) is 0 Å². The summed E-state index contributed by atoms with van der Waals surface area (Å²) in [5, 5.41) is 2.78. The Morgan fingerprint density at radius 3 is 3.00 bits per heavy atom. The largest absolute Gasteiger partial charge is 0.453 e. The first kappa shape index (κ1) is 7.86. The van der Waals surface area contributed by atoms with Crippen molar-refractivity contribution >= 4 is 6.09 Å². The number of fused-ring (bicyclic) bond motifs is 1. The summed E-state index contributed by atoms with van der Waals surface area (Å²) in [4.78, 5) is 10.8. The number of hydrogen-bond donors (Lipinski definition) is 1. The second kappa shape index (κ2) is 2.94. The van der Waals surface area contributed by atoms with Gasteiger partial charge in [-0.2, -0.15) is 0 Å². The van der Waals surface area contributed by atoms with Gasteiger partial charge in [0.1, 0.15) is 0 Å². The van der Waals surface area contributed by atoms with E-state index in [9.17, 15) is 4.79 Å². The predicted octanol–water partition coefficient (Wildman–Crippen LogP) is 0.662. The third kappa shape index (κ3) is 1.53. The molecule has 4 heteroatoms. The van der Waals surface area contributed by atoms with E-state index in [2.05, 4.69) is 10.1 Å². The molecule has 1 heterocycles. The number of epoxide rings is 1. The molecule has 68 valence electrons. The molecule has 0 aromatic rings. The summed E-state index contributed by atoms with van der Waals surface area (Å²) in [5.41, 5.74) is 0. The number of carbonyl (C=O) groups excluding carboxylic acids is 1. The van der Waals surface area contributed by atoms with Crippen LogP contribution in [0.1, 0.15) is 19.3 Å². The van der Waals surface area contributed by atoms with Crippen molar-refractivity contribution in [2.24, 2.45) is 0 Å². The minimum atomic E-state index is -0.334. The Balaban J connectivity index is 1.77. The van der Waals surface area contributed by atoms with Crippen LogP contribution in [0, 0.1) is 0 Å². The van der Waals surface area contributed by atoms with E-state index in [1.165, 1.54) is 7.11 Å². The molecule has 1 saturated heterocycles. The van der Waals surface area contributed by atoms with Crippen molar-refractivity contribution in [3.63, 3.8) is 0 Å². The molecule has 1 aliphatic carbocycles. The highest BCUT2D eigenvalue weighted by atomic mass is 16.6. The maximum absolute atomic E-state index is 10.8. The summed E-state index contributed by atoms with van der Waals surface area (Å²) in [6, 6.07) is 0.251. The zero-order valence-electron chi connectivity index (χ0n) is 7.08. The molecule has 0 aromatic carbocycles. The fraction of sp³-hybridized carbons (Fsp3) is 0.875. The molecule has 1 saturated carbocycles. The average Bonchev–Trinajstić information content (AvgIpc) is 2.82. The molecule has 3 atom stereocenters. The quantitative estimate of drug-likeness (QED) is 0.590. The maximum atomic E-state index is 10.8. The third-order valence-corrected chi connectivity index (χ3v) is 2.51. The highest BCUT2D eigenvalue weighted by Gasteiger charge is 2.44. The highest BCUT2D eigenvalue weighted by Crippen LogP contribution is 2.36. The third-order valence-electron chi connectivity index (χ3n) is 2.51. The Labute approximate surface area is 71.2 Å². The lowest BCUT2D eigenvalue weighted by atomic mass is 9.96. The average molecular weight is 171 g/mol. The normalized spacial score (nSPS) is 38.2. The molecule has 2 fully saturated rings. The Hall–Kier alpha value is -0.770. The van der Waals surface area contributed by atoms with Crippen molar-refractivity contribution in [3.05, 3.63) is 0 Å². The first-order chi connectivity index (χ1) is 5.79. The number of carbonyl (C=O) groups is 1. The van der Waals surface area contributed by atoms with Crippen LogP contribution in [0.3, 0.4) is 0 Å². The number of nitrogens with one attached hydrogen (secondary N) is 1. The van der Waals surface area contributed by atoms with Crippen LogP contribution in [-0.2, 0) is 9.47 Å². The standard InChI is InChI=1S/C8H13NO3/c1-11-8(10)9-5-2-3-6-7(4-5)12-6/h5-7H,2-4H2,1H3,(H,9,10). The first-order valence-corrected chi connectivity index (χ1v) is 4.29. The molecule has 3 unspecified atom stereocenters. The molecular weight excluding hydrogens is 158 g/mol. The van der Waals surface area contributed by atoms with Gasteiger partial charge >= 0.3 is 6.09 Å². The van der Waals surface area contributed by atoms with Crippen LogP contribution in [0.5, 0.6) is 0 Å². The summed E-state index contributed by atoms with van der Waals surface area (Å²) in [7, 11) is 1.38. The molecular formula is C8H13NO3. The first-order valence-electron chi connectivity index (χ1n) is 4.29. The Bertz CT molecular complexity index is 195. The fourth-order valence-electron chi connectivity index (χ4n) is 1.76. The molecule has 0 bridgehead atoms. The minimum absolute atomic E-state index is 0.251. The lowest BCUT2D eigenvalue weighted by Gasteiger charge is -2.19. The lowest BCUT2D eigenvalue weighted by molar-refractivity contribution is 0.164. The zero-order chi connectivity index (χ0) is 8.55. The van der Waals surface area contributed by atoms with Crippen molar-refractivity contribution in [3.8, 4) is 0 Å². The molecule has 12 heavy (non-hydrogen) atoms. The van der Waals surface area contributed by atoms with Gasteiger partial charge < -0.3 is 14.8 Å². The number of methoxy groups -OCH3 is 1. The molecule has 1 amide bonds. The van der Waals surface area contributed by atoms with Gasteiger partial charge in [0.05, 0.1) is 19.3 Å². The van der Waals surface area contributed by atoms with Gasteiger partial charge in [-0.05, 0) is 19.3 Å². The summed E-state index contributed by atoms with van der Waals surface area (Å²) in [6.45, 7) is 0. The smallest absolute Gasteiger partial charge is 0.407 e. The van der Waals surface area contributed by atoms with Gasteiger partial charge in [0.2, 0.25) is 0 Å². The topological polar surface area (TPSA) is 50.9 Å². The second-order valence-electron chi connectivity index (χ2n) is 3.36. The van der Waals surface area contributed by atoms with Crippen LogP contribution < -0.4 is 5.32 Å². The van der Waals surface area contributed by atoms with Gasteiger partial charge in [0.15, 0.2) is 0 Å². The second-order valence-corrected chi connectivity index (χ2v) is 3.36. The van der Waals surface area contributed by atoms with Crippen molar-refractivity contribution in [1.82, 2.24) is 5.32 Å². The molecule has 0 spiro atoms. The maximum Gasteiger partial charge on any atom is 0.407 e. The monoisotopic (exact) mass is 171 g/mol. The Morgan fingerprint density at radius 2 is 2.33 bits per heavy atom. The van der Waals surface area contributed by atoms with E-state index in [4.69, 9.17) is 4.74 Å². The van der Waals surface area contributed by atoms with Crippen LogP contribution in [0.2, 0.25) is 0 Å². The van der Waals surface area contributed by atoms with Gasteiger partial charge in [-0.3, -0.25) is 0 Å². The molecule has 1 aliphatic heterocycles. The van der Waals surface area contributed by atoms with Gasteiger partial charge in [-0.25, -0.2) is 4.79 Å². The fourth-order valence-corrected chi connectivity index (χ4v) is 1.76. The zero-order valence-corrected chi connectivity index (χ0v) is 7.08. The molecule has 0 aromatic heterocycles. The van der Waals surface area contributed by atoms with E-state index in [1.54, 1.807) is 0 Å². The van der Waals surface area contributed by atoms with E-state index < -0.39 is 0 Å². The molecule has 4 nitrogen and oxygen atoms in total. The molecule has 0 radical (unpaired) electrons. The molecule has 1 N–H and O–H groups in total. The van der Waals surface area contributed by atoms with Crippen molar-refractivity contribution in [1.29, 1.82) is 0 Å². The van der Waals surface area contributed by atoms with Crippen molar-refractivity contribution in [2.75, 3.05) is 7.11 Å². The number of alkyl carbamates (subject to hydrolysis) is 1. The van der Waals surface area contributed by atoms with Crippen LogP contribution in [0.15, 0.2) is 0 Å². The van der Waals surface area contributed by atoms with E-state index in [0.717, 1.165) is 19.3 Å². The summed E-state index contributed by atoms with van der Waals surface area (Å²) in [6.07, 6.45) is 3.58. The van der Waals surface area contributed by atoms with Crippen molar-refractivity contribution < 1.29 is 14.3 Å². The van der Waals surface area contributed by atoms with Crippen molar-refractivity contribution in [2.45, 2.75) is 37.5 Å². The number of rotatable bonds is 1. The Kier molecular flexibility index (Phi) is 1.92. The number of amides is 1. The van der Waals surface area contributed by atoms with Crippen LogP contribution in [-0.4, -0.2) is 31.5 Å². The van der Waals surface area contributed by atoms with Gasteiger partial charge in [-0.1, -0.05) is 0 Å². The van der Waals surface area contributed by atoms with E-state index in [0.29, 0.717) is 12.2 Å². The lowest BCUT2D eigenvalue weighted by Crippen LogP contribution is -2.37. The number of hydrogen-bond acceptors (Lipinski definition) is 3. The molecule has 2 rings (SSSR count). The van der Waals surface area contributed by atoms with Gasteiger partial charge in [0, 0.05) is 6.04 Å². The highest BCUT2D eigenvalue weighted by molar-refractivity contribution is 5.67. The predicted molar refractivity (Wildman–Crippen MR) is 41.8 cm³/mol. The van der Waals surface area contributed by atoms with Crippen LogP contribution in [0.25, 0.3) is 0 Å². The van der Waals surface area contributed by atoms with Gasteiger partial charge in [0.25, 0.3) is 0 Å². The Morgan fingerprint density at radius 1 is 1.50 bits per heavy atom. The molecule has 2 aliphatic rings. The van der Waals surface area contributed by atoms with E-state index in [-0.39, 0.29) is 12.1 Å². The van der Waals surface area contributed by atoms with Crippen LogP contribution in [0.4, 0.5) is 4.79 Å². The van der Waals surface area contributed by atoms with E-state index >= 15 is 0 Å². The SMILES string of the molecule is COC(=O)NC1CCC2OC2C1. The van der Waals surface area contributed by atoms with Crippen LogP contribution >= 0.6 is 0 Å². The summed E-state index contributed by atoms with van der Waals surface area (Å²) in [5.74, 6) is 0. The van der Waals surface area contributed by atoms with E-state index in [1.807, 2.05) is 0 Å². The summed E-state index contributed by atoms with van der Waals surface area (Å²) >= 11 is 0. The minimum Gasteiger partial charge on any atom is -0.453 e. The summed E-state index contributed by atoms with van der Waals surface area (Å²) < 4.78 is 9.84. The number of ether oxygens (including phenoxy) is 2.